The topological polar surface area (TPSA) is 49.3 Å². The Labute approximate surface area is 191 Å². The van der Waals surface area contributed by atoms with E-state index in [1.165, 1.54) is 89.9 Å². The lowest BCUT2D eigenvalue weighted by atomic mass is 9.78. The number of allylic oxidation sites excluding steroid dienone is 2. The first-order valence-electron chi connectivity index (χ1n) is 13.6. The van der Waals surface area contributed by atoms with Gasteiger partial charge in [-0.3, -0.25) is 10.0 Å². The maximum absolute atomic E-state index is 10.9. The molecule has 0 heterocycles. The van der Waals surface area contributed by atoms with Gasteiger partial charge in [-0.2, -0.15) is 0 Å². The number of amides is 1. The highest BCUT2D eigenvalue weighted by Gasteiger charge is 2.72. The van der Waals surface area contributed by atoms with Gasteiger partial charge in [-0.1, -0.05) is 109 Å². The fourth-order valence-electron chi connectivity index (χ4n) is 6.87. The highest BCUT2D eigenvalue weighted by atomic mass is 16.5. The van der Waals surface area contributed by atoms with Crippen molar-refractivity contribution in [3.05, 3.63) is 11.6 Å². The van der Waals surface area contributed by atoms with Gasteiger partial charge in [-0.25, -0.2) is 5.48 Å². The van der Waals surface area contributed by atoms with Crippen LogP contribution in [0.15, 0.2) is 11.6 Å². The van der Waals surface area contributed by atoms with E-state index in [-0.39, 0.29) is 5.91 Å². The van der Waals surface area contributed by atoms with Crippen LogP contribution in [0.25, 0.3) is 0 Å². The number of hydroxylamine groups is 1. The van der Waals surface area contributed by atoms with E-state index in [9.17, 15) is 4.79 Å². The Morgan fingerprint density at radius 1 is 0.935 bits per heavy atom. The first kappa shape index (κ1) is 24.8. The standard InChI is InChI=1S/C28H49NO2/c1-22-19-24-20-28(24,27(3)21-25(27)23(22)2)18-16-14-12-10-8-6-4-5-7-9-11-13-15-17-26(30)29-31/h19,22-23,25,31H,4-18,20-21H2,1-3H3,(H,29,30). The summed E-state index contributed by atoms with van der Waals surface area (Å²) in [5, 5.41) is 8.45. The van der Waals surface area contributed by atoms with Crippen LogP contribution in [0.4, 0.5) is 0 Å². The van der Waals surface area contributed by atoms with Crippen LogP contribution in [0.2, 0.25) is 0 Å². The number of rotatable bonds is 16. The van der Waals surface area contributed by atoms with Gasteiger partial charge in [0.05, 0.1) is 0 Å². The van der Waals surface area contributed by atoms with E-state index < -0.39 is 0 Å². The molecule has 0 saturated heterocycles. The molecule has 3 aliphatic rings. The molecule has 0 aliphatic heterocycles. The van der Waals surface area contributed by atoms with Crippen LogP contribution in [-0.4, -0.2) is 11.1 Å². The van der Waals surface area contributed by atoms with E-state index in [0.29, 0.717) is 17.3 Å². The van der Waals surface area contributed by atoms with Crippen molar-refractivity contribution in [3.63, 3.8) is 0 Å². The minimum atomic E-state index is -0.256. The van der Waals surface area contributed by atoms with Crippen molar-refractivity contribution < 1.29 is 10.0 Å². The number of nitrogens with one attached hydrogen (secondary N) is 1. The van der Waals surface area contributed by atoms with Crippen molar-refractivity contribution in [2.45, 2.75) is 130 Å². The van der Waals surface area contributed by atoms with Crippen LogP contribution < -0.4 is 5.48 Å². The number of carbonyl (C=O) groups excluding carboxylic acids is 1. The summed E-state index contributed by atoms with van der Waals surface area (Å²) >= 11 is 0. The van der Waals surface area contributed by atoms with Gasteiger partial charge >= 0.3 is 0 Å². The predicted octanol–water partition coefficient (Wildman–Crippen LogP) is 7.97. The molecule has 2 N–H and O–H groups in total. The summed E-state index contributed by atoms with van der Waals surface area (Å²) in [5.74, 6) is 2.42. The highest BCUT2D eigenvalue weighted by molar-refractivity contribution is 5.74. The molecule has 0 spiro atoms. The summed E-state index contributed by atoms with van der Waals surface area (Å²) in [7, 11) is 0. The van der Waals surface area contributed by atoms with Crippen LogP contribution in [0.5, 0.6) is 0 Å². The second-order valence-electron chi connectivity index (χ2n) is 11.5. The molecular formula is C28H49NO2. The zero-order valence-corrected chi connectivity index (χ0v) is 20.7. The van der Waals surface area contributed by atoms with E-state index in [1.54, 1.807) is 5.48 Å². The quantitative estimate of drug-likeness (QED) is 0.113. The molecule has 0 aromatic heterocycles. The Balaban J connectivity index is 1.13. The maximum Gasteiger partial charge on any atom is 0.243 e. The predicted molar refractivity (Wildman–Crippen MR) is 129 cm³/mol. The summed E-state index contributed by atoms with van der Waals surface area (Å²) in [6, 6.07) is 0. The Bertz CT molecular complexity index is 614. The highest BCUT2D eigenvalue weighted by Crippen LogP contribution is 2.80. The van der Waals surface area contributed by atoms with Gasteiger partial charge in [0, 0.05) is 11.8 Å². The lowest BCUT2D eigenvalue weighted by Crippen LogP contribution is -2.19. The molecule has 3 aliphatic carbocycles. The summed E-state index contributed by atoms with van der Waals surface area (Å²) < 4.78 is 0. The molecule has 5 atom stereocenters. The molecule has 5 unspecified atom stereocenters. The molecule has 0 bridgehead atoms. The maximum atomic E-state index is 10.9. The number of hydrogen-bond donors (Lipinski definition) is 2. The number of fused-ring (bicyclic) bond motifs is 3. The molecule has 1 amide bonds. The largest absolute Gasteiger partial charge is 0.289 e. The molecule has 3 rings (SSSR count). The van der Waals surface area contributed by atoms with Gasteiger partial charge in [-0.05, 0) is 48.9 Å². The number of hydrogen-bond acceptors (Lipinski definition) is 2. The second kappa shape index (κ2) is 11.3. The monoisotopic (exact) mass is 431 g/mol. The molecule has 3 heteroatoms. The van der Waals surface area contributed by atoms with Gasteiger partial charge in [0.2, 0.25) is 5.91 Å². The SMILES string of the molecule is CC1C=C2CC2(CCCCCCCCCCCCCCCC(=O)NO)C2(C)CC2C1C. The normalized spacial score (nSPS) is 33.2. The second-order valence-corrected chi connectivity index (χ2v) is 11.5. The van der Waals surface area contributed by atoms with E-state index in [1.807, 2.05) is 5.57 Å². The number of carbonyl (C=O) groups is 1. The fraction of sp³-hybridized carbons (Fsp3) is 0.893. The molecule has 31 heavy (non-hydrogen) atoms. The van der Waals surface area contributed by atoms with Crippen LogP contribution >= 0.6 is 0 Å². The average Bonchev–Trinajstić information content (AvgIpc) is 3.65. The Morgan fingerprint density at radius 2 is 1.45 bits per heavy atom. The smallest absolute Gasteiger partial charge is 0.243 e. The van der Waals surface area contributed by atoms with Gasteiger partial charge in [0.15, 0.2) is 0 Å². The van der Waals surface area contributed by atoms with Crippen molar-refractivity contribution in [1.82, 2.24) is 5.48 Å². The molecule has 178 valence electrons. The van der Waals surface area contributed by atoms with Crippen LogP contribution in [-0.2, 0) is 4.79 Å². The van der Waals surface area contributed by atoms with Crippen molar-refractivity contribution in [2.24, 2.45) is 28.6 Å². The summed E-state index contributed by atoms with van der Waals surface area (Å²) in [4.78, 5) is 10.9. The van der Waals surface area contributed by atoms with E-state index in [4.69, 9.17) is 5.21 Å². The number of unbranched alkanes of at least 4 members (excludes halogenated alkanes) is 12. The molecule has 0 aromatic rings. The summed E-state index contributed by atoms with van der Waals surface area (Å²) in [5.41, 5.74) is 4.81. The molecule has 2 saturated carbocycles. The van der Waals surface area contributed by atoms with E-state index >= 15 is 0 Å². The Hall–Kier alpha value is -0.830. The van der Waals surface area contributed by atoms with E-state index in [2.05, 4.69) is 26.8 Å². The molecular weight excluding hydrogens is 382 g/mol. The van der Waals surface area contributed by atoms with Gasteiger partial charge < -0.3 is 0 Å². The van der Waals surface area contributed by atoms with Gasteiger partial charge in [-0.15, -0.1) is 0 Å². The molecule has 2 fully saturated rings. The minimum absolute atomic E-state index is 0.256. The minimum Gasteiger partial charge on any atom is -0.289 e. The fourth-order valence-corrected chi connectivity index (χ4v) is 6.87. The van der Waals surface area contributed by atoms with Crippen molar-refractivity contribution in [3.8, 4) is 0 Å². The third kappa shape index (κ3) is 6.15. The third-order valence-electron chi connectivity index (χ3n) is 9.44. The lowest BCUT2D eigenvalue weighted by Gasteiger charge is -2.25. The van der Waals surface area contributed by atoms with E-state index in [0.717, 1.165) is 30.6 Å². The Morgan fingerprint density at radius 3 is 2.00 bits per heavy atom. The Kier molecular flexibility index (Phi) is 9.08. The first-order valence-corrected chi connectivity index (χ1v) is 13.6. The molecule has 3 nitrogen and oxygen atoms in total. The summed E-state index contributed by atoms with van der Waals surface area (Å²) in [6.45, 7) is 7.56. The lowest BCUT2D eigenvalue weighted by molar-refractivity contribution is -0.129. The van der Waals surface area contributed by atoms with Crippen LogP contribution in [0.3, 0.4) is 0 Å². The first-order chi connectivity index (χ1) is 14.9. The van der Waals surface area contributed by atoms with Gasteiger partial charge in [0.25, 0.3) is 0 Å². The summed E-state index contributed by atoms with van der Waals surface area (Å²) in [6.07, 6.45) is 24.7. The average molecular weight is 432 g/mol. The van der Waals surface area contributed by atoms with Crippen molar-refractivity contribution in [1.29, 1.82) is 0 Å². The zero-order valence-electron chi connectivity index (χ0n) is 20.7. The molecule has 0 aromatic carbocycles. The van der Waals surface area contributed by atoms with Gasteiger partial charge in [0.1, 0.15) is 0 Å². The van der Waals surface area contributed by atoms with Crippen LogP contribution in [0.1, 0.15) is 130 Å². The molecule has 0 radical (unpaired) electrons. The third-order valence-corrected chi connectivity index (χ3v) is 9.44. The van der Waals surface area contributed by atoms with Crippen molar-refractivity contribution in [2.75, 3.05) is 0 Å². The van der Waals surface area contributed by atoms with Crippen molar-refractivity contribution >= 4 is 5.91 Å². The zero-order chi connectivity index (χ0) is 22.3. The van der Waals surface area contributed by atoms with Crippen LogP contribution in [0, 0.1) is 28.6 Å².